The van der Waals surface area contributed by atoms with Gasteiger partial charge in [-0.1, -0.05) is 22.0 Å². The maximum atomic E-state index is 12.0. The number of anilines is 1. The zero-order valence-electron chi connectivity index (χ0n) is 9.44. The van der Waals surface area contributed by atoms with E-state index in [-0.39, 0.29) is 5.91 Å². The molecule has 2 heterocycles. The van der Waals surface area contributed by atoms with Crippen LogP contribution in [0.15, 0.2) is 51.1 Å². The summed E-state index contributed by atoms with van der Waals surface area (Å²) in [6.45, 7) is 0. The van der Waals surface area contributed by atoms with Crippen molar-refractivity contribution in [2.75, 3.05) is 5.32 Å². The Morgan fingerprint density at radius 3 is 3.00 bits per heavy atom. The summed E-state index contributed by atoms with van der Waals surface area (Å²) in [5.74, 6) is 0.623. The number of amides is 1. The third kappa shape index (κ3) is 2.11. The lowest BCUT2D eigenvalue weighted by Crippen LogP contribution is -2.22. The number of carbonyl (C=O) groups excluding carboxylic acids is 1. The summed E-state index contributed by atoms with van der Waals surface area (Å²) in [6, 6.07) is 9.53. The second kappa shape index (κ2) is 4.46. The molecule has 1 N–H and O–H groups in total. The third-order valence-corrected chi connectivity index (χ3v) is 3.35. The van der Waals surface area contributed by atoms with E-state index in [1.54, 1.807) is 18.4 Å². The predicted octanol–water partition coefficient (Wildman–Crippen LogP) is 3.62. The molecule has 0 radical (unpaired) electrons. The van der Waals surface area contributed by atoms with Crippen LogP contribution in [0.25, 0.3) is 6.08 Å². The van der Waals surface area contributed by atoms with Crippen LogP contribution in [0.4, 0.5) is 5.69 Å². The van der Waals surface area contributed by atoms with Gasteiger partial charge < -0.3 is 9.73 Å². The first-order chi connectivity index (χ1) is 8.72. The lowest BCUT2D eigenvalue weighted by Gasteiger charge is -2.19. The molecule has 0 aliphatic carbocycles. The van der Waals surface area contributed by atoms with Crippen molar-refractivity contribution in [2.24, 2.45) is 0 Å². The van der Waals surface area contributed by atoms with Gasteiger partial charge in [-0.2, -0.15) is 0 Å². The van der Waals surface area contributed by atoms with Crippen LogP contribution in [-0.2, 0) is 11.2 Å². The van der Waals surface area contributed by atoms with Gasteiger partial charge in [-0.15, -0.1) is 0 Å². The van der Waals surface area contributed by atoms with Gasteiger partial charge >= 0.3 is 0 Å². The Bertz CT molecular complexity index is 629. The van der Waals surface area contributed by atoms with Crippen molar-refractivity contribution >= 4 is 33.6 Å². The summed E-state index contributed by atoms with van der Waals surface area (Å²) in [5.41, 5.74) is 2.68. The Kier molecular flexibility index (Phi) is 2.80. The highest BCUT2D eigenvalue weighted by atomic mass is 79.9. The highest BCUT2D eigenvalue weighted by Gasteiger charge is 2.20. The van der Waals surface area contributed by atoms with E-state index >= 15 is 0 Å². The molecule has 0 atom stereocenters. The van der Waals surface area contributed by atoms with Crippen molar-refractivity contribution in [3.63, 3.8) is 0 Å². The van der Waals surface area contributed by atoms with Crippen LogP contribution in [0.3, 0.4) is 0 Å². The molecule has 4 heteroatoms. The van der Waals surface area contributed by atoms with E-state index in [2.05, 4.69) is 21.2 Å². The van der Waals surface area contributed by atoms with Gasteiger partial charge in [-0.25, -0.2) is 0 Å². The van der Waals surface area contributed by atoms with E-state index in [4.69, 9.17) is 4.42 Å². The van der Waals surface area contributed by atoms with E-state index in [0.717, 1.165) is 15.7 Å². The van der Waals surface area contributed by atoms with Gasteiger partial charge in [-0.05, 0) is 35.9 Å². The molecule has 3 nitrogen and oxygen atoms in total. The number of benzene rings is 1. The van der Waals surface area contributed by atoms with Crippen molar-refractivity contribution in [1.82, 2.24) is 0 Å². The van der Waals surface area contributed by atoms with Crippen LogP contribution in [0.2, 0.25) is 0 Å². The summed E-state index contributed by atoms with van der Waals surface area (Å²) in [5, 5.41) is 2.88. The zero-order valence-corrected chi connectivity index (χ0v) is 11.0. The smallest absolute Gasteiger partial charge is 0.252 e. The topological polar surface area (TPSA) is 42.2 Å². The van der Waals surface area contributed by atoms with Crippen LogP contribution >= 0.6 is 15.9 Å². The molecule has 1 aromatic heterocycles. The number of hydrogen-bond donors (Lipinski definition) is 1. The van der Waals surface area contributed by atoms with Gasteiger partial charge in [-0.3, -0.25) is 4.79 Å². The standard InChI is InChI=1S/C14H10BrNO2/c15-11-4-3-9-6-10(7-12-2-1-5-18-12)14(17)16-13(9)8-11/h1-5,7-8H,6H2,(H,16,17)/b10-7+. The molecule has 1 aliphatic rings. The minimum absolute atomic E-state index is 0.0722. The van der Waals surface area contributed by atoms with Crippen LogP contribution in [0, 0.1) is 0 Å². The first kappa shape index (κ1) is 11.3. The number of fused-ring (bicyclic) bond motifs is 1. The lowest BCUT2D eigenvalue weighted by molar-refractivity contribution is -0.113. The van der Waals surface area contributed by atoms with Crippen molar-refractivity contribution in [2.45, 2.75) is 6.42 Å². The minimum atomic E-state index is -0.0722. The van der Waals surface area contributed by atoms with Gasteiger partial charge in [0.1, 0.15) is 5.76 Å². The Hall–Kier alpha value is -1.81. The van der Waals surface area contributed by atoms with Gasteiger partial charge in [0.25, 0.3) is 5.91 Å². The van der Waals surface area contributed by atoms with E-state index in [1.807, 2.05) is 24.3 Å². The first-order valence-corrected chi connectivity index (χ1v) is 6.35. The van der Waals surface area contributed by atoms with Crippen LogP contribution in [0.5, 0.6) is 0 Å². The molecule has 3 rings (SSSR count). The molecular weight excluding hydrogens is 294 g/mol. The Morgan fingerprint density at radius 1 is 1.33 bits per heavy atom. The minimum Gasteiger partial charge on any atom is -0.465 e. The lowest BCUT2D eigenvalue weighted by atomic mass is 9.98. The van der Waals surface area contributed by atoms with Gasteiger partial charge in [0.05, 0.1) is 6.26 Å². The summed E-state index contributed by atoms with van der Waals surface area (Å²) in [6.07, 6.45) is 3.99. The fraction of sp³-hybridized carbons (Fsp3) is 0.0714. The highest BCUT2D eigenvalue weighted by Crippen LogP contribution is 2.29. The van der Waals surface area contributed by atoms with Crippen LogP contribution in [-0.4, -0.2) is 5.91 Å². The van der Waals surface area contributed by atoms with Gasteiger partial charge in [0.2, 0.25) is 0 Å². The maximum Gasteiger partial charge on any atom is 0.252 e. The molecule has 1 aromatic carbocycles. The van der Waals surface area contributed by atoms with Crippen LogP contribution < -0.4 is 5.32 Å². The number of nitrogens with one attached hydrogen (secondary N) is 1. The third-order valence-electron chi connectivity index (χ3n) is 2.85. The summed E-state index contributed by atoms with van der Waals surface area (Å²) in [7, 11) is 0. The molecule has 1 amide bonds. The molecular formula is C14H10BrNO2. The number of halogens is 1. The summed E-state index contributed by atoms with van der Waals surface area (Å²) in [4.78, 5) is 12.0. The van der Waals surface area contributed by atoms with E-state index in [1.165, 1.54) is 0 Å². The second-order valence-electron chi connectivity index (χ2n) is 4.12. The predicted molar refractivity (Wildman–Crippen MR) is 73.2 cm³/mol. The van der Waals surface area contributed by atoms with Crippen LogP contribution in [0.1, 0.15) is 11.3 Å². The maximum absolute atomic E-state index is 12.0. The van der Waals surface area contributed by atoms with Crippen molar-refractivity contribution in [3.05, 3.63) is 58.0 Å². The average Bonchev–Trinajstić information content (AvgIpc) is 2.83. The second-order valence-corrected chi connectivity index (χ2v) is 5.03. The largest absolute Gasteiger partial charge is 0.465 e. The zero-order chi connectivity index (χ0) is 12.5. The fourth-order valence-electron chi connectivity index (χ4n) is 1.97. The molecule has 0 spiro atoms. The Morgan fingerprint density at radius 2 is 2.22 bits per heavy atom. The molecule has 0 unspecified atom stereocenters. The number of rotatable bonds is 1. The quantitative estimate of drug-likeness (QED) is 0.818. The highest BCUT2D eigenvalue weighted by molar-refractivity contribution is 9.10. The summed E-state index contributed by atoms with van der Waals surface area (Å²) >= 11 is 3.39. The number of furan rings is 1. The van der Waals surface area contributed by atoms with E-state index < -0.39 is 0 Å². The molecule has 18 heavy (non-hydrogen) atoms. The fourth-order valence-corrected chi connectivity index (χ4v) is 2.33. The normalized spacial score (nSPS) is 16.5. The molecule has 0 saturated heterocycles. The monoisotopic (exact) mass is 303 g/mol. The Balaban J connectivity index is 1.97. The first-order valence-electron chi connectivity index (χ1n) is 5.56. The molecule has 2 aromatic rings. The number of hydrogen-bond acceptors (Lipinski definition) is 2. The summed E-state index contributed by atoms with van der Waals surface area (Å²) < 4.78 is 6.19. The van der Waals surface area contributed by atoms with Gasteiger partial charge in [0, 0.05) is 22.2 Å². The van der Waals surface area contributed by atoms with Crippen molar-refractivity contribution in [3.8, 4) is 0 Å². The van der Waals surface area contributed by atoms with E-state index in [0.29, 0.717) is 17.8 Å². The van der Waals surface area contributed by atoms with Crippen molar-refractivity contribution in [1.29, 1.82) is 0 Å². The van der Waals surface area contributed by atoms with Gasteiger partial charge in [0.15, 0.2) is 0 Å². The SMILES string of the molecule is O=C1Nc2cc(Br)ccc2C/C1=C\c1ccco1. The average molecular weight is 304 g/mol. The van der Waals surface area contributed by atoms with Crippen molar-refractivity contribution < 1.29 is 9.21 Å². The Labute approximate surface area is 113 Å². The molecule has 1 aliphatic heterocycles. The molecule has 0 bridgehead atoms. The molecule has 90 valence electrons. The van der Waals surface area contributed by atoms with E-state index in [9.17, 15) is 4.79 Å². The molecule has 0 saturated carbocycles. The molecule has 0 fully saturated rings. The number of carbonyl (C=O) groups is 1.